The Balaban J connectivity index is 2.31. The molecule has 0 aliphatic heterocycles. The van der Waals surface area contributed by atoms with Crippen LogP contribution < -0.4 is 0 Å². The summed E-state index contributed by atoms with van der Waals surface area (Å²) in [6, 6.07) is 4.32. The van der Waals surface area contributed by atoms with E-state index in [1.165, 1.54) is 6.42 Å². The van der Waals surface area contributed by atoms with Gasteiger partial charge < -0.3 is 5.11 Å². The molecule has 0 bridgehead atoms. The summed E-state index contributed by atoms with van der Waals surface area (Å²) in [5.41, 5.74) is 1.18. The van der Waals surface area contributed by atoms with Gasteiger partial charge in [-0.2, -0.15) is 5.26 Å². The van der Waals surface area contributed by atoms with E-state index in [1.54, 1.807) is 12.4 Å². The molecule has 102 valence electrons. The van der Waals surface area contributed by atoms with Crippen LogP contribution in [-0.2, 0) is 0 Å². The van der Waals surface area contributed by atoms with Crippen LogP contribution >= 0.6 is 0 Å². The van der Waals surface area contributed by atoms with Crippen LogP contribution in [0.1, 0.15) is 56.3 Å². The molecule has 3 atom stereocenters. The average molecular weight is 258 g/mol. The normalized spacial score (nSPS) is 28.6. The van der Waals surface area contributed by atoms with Crippen molar-refractivity contribution >= 4 is 0 Å². The first-order valence-electron chi connectivity index (χ1n) is 7.13. The number of aryl methyl sites for hydroxylation is 1. The lowest BCUT2D eigenvalue weighted by atomic mass is 9.65. The number of aliphatic hydroxyl groups is 1. The van der Waals surface area contributed by atoms with Crippen LogP contribution in [0.25, 0.3) is 0 Å². The lowest BCUT2D eigenvalue weighted by Gasteiger charge is -2.39. The molecule has 1 N–H and O–H groups in total. The van der Waals surface area contributed by atoms with Gasteiger partial charge >= 0.3 is 0 Å². The molecule has 1 aromatic rings. The summed E-state index contributed by atoms with van der Waals surface area (Å²) in [4.78, 5) is 4.10. The molecular formula is C16H22N2O. The summed E-state index contributed by atoms with van der Waals surface area (Å²) in [6.07, 6.45) is 7.59. The van der Waals surface area contributed by atoms with Crippen molar-refractivity contribution in [2.24, 2.45) is 11.3 Å². The van der Waals surface area contributed by atoms with Crippen molar-refractivity contribution in [3.8, 4) is 6.07 Å². The third kappa shape index (κ3) is 2.64. The number of hydrogen-bond donors (Lipinski definition) is 1. The summed E-state index contributed by atoms with van der Waals surface area (Å²) in [6.45, 7) is 4.13. The Morgan fingerprint density at radius 3 is 3.05 bits per heavy atom. The number of aromatic nitrogens is 1. The summed E-state index contributed by atoms with van der Waals surface area (Å²) in [7, 11) is 0. The third-order valence-corrected chi connectivity index (χ3v) is 4.59. The predicted octanol–water partition coefficient (Wildman–Crippen LogP) is 3.53. The monoisotopic (exact) mass is 258 g/mol. The van der Waals surface area contributed by atoms with Crippen LogP contribution in [-0.4, -0.2) is 10.1 Å². The fourth-order valence-electron chi connectivity index (χ4n) is 3.25. The zero-order valence-electron chi connectivity index (χ0n) is 11.8. The van der Waals surface area contributed by atoms with Gasteiger partial charge in [0.2, 0.25) is 0 Å². The number of aliphatic hydroxyl groups excluding tert-OH is 1. The molecule has 1 aromatic heterocycles. The van der Waals surface area contributed by atoms with E-state index >= 15 is 0 Å². The second-order valence-electron chi connectivity index (χ2n) is 5.77. The molecule has 1 heterocycles. The lowest BCUT2D eigenvalue weighted by molar-refractivity contribution is 0.0179. The fraction of sp³-hybridized carbons (Fsp3) is 0.625. The van der Waals surface area contributed by atoms with E-state index in [1.807, 2.05) is 13.0 Å². The van der Waals surface area contributed by atoms with Gasteiger partial charge in [-0.05, 0) is 37.3 Å². The molecular weight excluding hydrogens is 236 g/mol. The van der Waals surface area contributed by atoms with E-state index < -0.39 is 11.5 Å². The van der Waals surface area contributed by atoms with Crippen molar-refractivity contribution in [3.05, 3.63) is 29.6 Å². The fourth-order valence-corrected chi connectivity index (χ4v) is 3.25. The minimum Gasteiger partial charge on any atom is -0.387 e. The first kappa shape index (κ1) is 14.0. The summed E-state index contributed by atoms with van der Waals surface area (Å²) in [5.74, 6) is 0.556. The van der Waals surface area contributed by atoms with Crippen molar-refractivity contribution in [3.63, 3.8) is 0 Å². The van der Waals surface area contributed by atoms with Gasteiger partial charge in [-0.25, -0.2) is 0 Å². The van der Waals surface area contributed by atoms with Crippen molar-refractivity contribution in [2.75, 3.05) is 0 Å². The van der Waals surface area contributed by atoms with E-state index in [2.05, 4.69) is 18.0 Å². The van der Waals surface area contributed by atoms with Crippen LogP contribution in [0.5, 0.6) is 0 Å². The van der Waals surface area contributed by atoms with Gasteiger partial charge in [-0.15, -0.1) is 0 Å². The van der Waals surface area contributed by atoms with Crippen molar-refractivity contribution < 1.29 is 5.11 Å². The van der Waals surface area contributed by atoms with Crippen LogP contribution in [0, 0.1) is 29.6 Å². The van der Waals surface area contributed by atoms with E-state index in [-0.39, 0.29) is 0 Å². The zero-order chi connectivity index (χ0) is 13.9. The number of nitrogens with zero attached hydrogens (tertiary/aromatic N) is 2. The van der Waals surface area contributed by atoms with Gasteiger partial charge in [0.15, 0.2) is 0 Å². The highest BCUT2D eigenvalue weighted by Crippen LogP contribution is 2.48. The van der Waals surface area contributed by atoms with Crippen molar-refractivity contribution in [1.82, 2.24) is 4.98 Å². The maximum absolute atomic E-state index is 10.7. The molecule has 1 aliphatic rings. The van der Waals surface area contributed by atoms with Crippen LogP contribution in [0.15, 0.2) is 18.5 Å². The van der Waals surface area contributed by atoms with E-state index in [0.29, 0.717) is 5.92 Å². The quantitative estimate of drug-likeness (QED) is 0.902. The highest BCUT2D eigenvalue weighted by molar-refractivity contribution is 5.28. The maximum Gasteiger partial charge on any atom is 0.0993 e. The Bertz CT molecular complexity index is 480. The van der Waals surface area contributed by atoms with Crippen molar-refractivity contribution in [1.29, 1.82) is 5.26 Å². The Kier molecular flexibility index (Phi) is 4.21. The van der Waals surface area contributed by atoms with Crippen molar-refractivity contribution in [2.45, 2.75) is 52.1 Å². The first-order chi connectivity index (χ1) is 9.13. The Labute approximate surface area is 115 Å². The average Bonchev–Trinajstić information content (AvgIpc) is 2.47. The molecule has 1 fully saturated rings. The third-order valence-electron chi connectivity index (χ3n) is 4.59. The molecule has 0 amide bonds. The van der Waals surface area contributed by atoms with Gasteiger partial charge in [-0.1, -0.05) is 26.2 Å². The van der Waals surface area contributed by atoms with E-state index in [0.717, 1.165) is 36.8 Å². The SMILES string of the molecule is CCC1CCCC(C#N)(C(O)c2cnccc2C)C1. The van der Waals surface area contributed by atoms with Gasteiger partial charge in [0.1, 0.15) is 0 Å². The largest absolute Gasteiger partial charge is 0.387 e. The molecule has 1 saturated carbocycles. The molecule has 0 aromatic carbocycles. The smallest absolute Gasteiger partial charge is 0.0993 e. The molecule has 3 heteroatoms. The molecule has 1 aliphatic carbocycles. The minimum atomic E-state index is -0.722. The van der Waals surface area contributed by atoms with Crippen LogP contribution in [0.2, 0.25) is 0 Å². The number of rotatable bonds is 3. The molecule has 0 saturated heterocycles. The van der Waals surface area contributed by atoms with Crippen LogP contribution in [0.3, 0.4) is 0 Å². The molecule has 19 heavy (non-hydrogen) atoms. The van der Waals surface area contributed by atoms with Crippen LogP contribution in [0.4, 0.5) is 0 Å². The predicted molar refractivity (Wildman–Crippen MR) is 74.2 cm³/mol. The first-order valence-corrected chi connectivity index (χ1v) is 7.13. The Morgan fingerprint density at radius 1 is 1.63 bits per heavy atom. The number of hydrogen-bond acceptors (Lipinski definition) is 3. The summed E-state index contributed by atoms with van der Waals surface area (Å²) in [5, 5.41) is 20.4. The second-order valence-corrected chi connectivity index (χ2v) is 5.77. The van der Waals surface area contributed by atoms with Gasteiger partial charge in [0, 0.05) is 18.0 Å². The summed E-state index contributed by atoms with van der Waals surface area (Å²) >= 11 is 0. The molecule has 2 rings (SSSR count). The number of pyridine rings is 1. The topological polar surface area (TPSA) is 56.9 Å². The maximum atomic E-state index is 10.7. The van der Waals surface area contributed by atoms with E-state index in [9.17, 15) is 10.4 Å². The molecule has 3 nitrogen and oxygen atoms in total. The van der Waals surface area contributed by atoms with Gasteiger partial charge in [0.25, 0.3) is 0 Å². The van der Waals surface area contributed by atoms with Gasteiger partial charge in [-0.3, -0.25) is 4.98 Å². The highest BCUT2D eigenvalue weighted by atomic mass is 16.3. The standard InChI is InChI=1S/C16H22N2O/c1-3-13-5-4-7-16(9-13,11-17)15(19)14-10-18-8-6-12(14)2/h6,8,10,13,15,19H,3-5,7,9H2,1-2H3. The number of nitriles is 1. The lowest BCUT2D eigenvalue weighted by Crippen LogP contribution is -2.34. The van der Waals surface area contributed by atoms with E-state index in [4.69, 9.17) is 0 Å². The Hall–Kier alpha value is -1.40. The Morgan fingerprint density at radius 2 is 2.42 bits per heavy atom. The zero-order valence-corrected chi connectivity index (χ0v) is 11.8. The summed E-state index contributed by atoms with van der Waals surface area (Å²) < 4.78 is 0. The second kappa shape index (κ2) is 5.71. The molecule has 3 unspecified atom stereocenters. The molecule has 0 radical (unpaired) electrons. The molecule has 0 spiro atoms. The minimum absolute atomic E-state index is 0.556. The van der Waals surface area contributed by atoms with Gasteiger partial charge in [0.05, 0.1) is 17.6 Å². The highest BCUT2D eigenvalue weighted by Gasteiger charge is 2.43.